The summed E-state index contributed by atoms with van der Waals surface area (Å²) >= 11 is 1.77. The van der Waals surface area contributed by atoms with Crippen LogP contribution in [0.4, 0.5) is 5.13 Å². The highest BCUT2D eigenvalue weighted by Crippen LogP contribution is 2.35. The maximum atomic E-state index is 11.7. The van der Waals surface area contributed by atoms with E-state index in [2.05, 4.69) is 40.4 Å². The van der Waals surface area contributed by atoms with Crippen LogP contribution in [0, 0.1) is 0 Å². The zero-order valence-electron chi connectivity index (χ0n) is 13.4. The van der Waals surface area contributed by atoms with E-state index in [0.717, 1.165) is 49.7 Å². The molecule has 2 fully saturated rings. The van der Waals surface area contributed by atoms with E-state index >= 15 is 0 Å². The maximum Gasteiger partial charge on any atom is 0.220 e. The molecule has 2 aliphatic heterocycles. The van der Waals surface area contributed by atoms with Gasteiger partial charge in [-0.1, -0.05) is 23.5 Å². The Morgan fingerprint density at radius 3 is 3.00 bits per heavy atom. The summed E-state index contributed by atoms with van der Waals surface area (Å²) in [5, 5.41) is 4.13. The lowest BCUT2D eigenvalue weighted by Crippen LogP contribution is -2.61. The van der Waals surface area contributed by atoms with Crippen molar-refractivity contribution in [3.8, 4) is 0 Å². The van der Waals surface area contributed by atoms with Gasteiger partial charge < -0.3 is 10.2 Å². The summed E-state index contributed by atoms with van der Waals surface area (Å²) in [6.45, 7) is 3.75. The first-order valence-corrected chi connectivity index (χ1v) is 9.06. The van der Waals surface area contributed by atoms with Crippen molar-refractivity contribution in [3.05, 3.63) is 24.3 Å². The van der Waals surface area contributed by atoms with Crippen LogP contribution in [0.1, 0.15) is 19.3 Å². The topological polar surface area (TPSA) is 48.5 Å². The Labute approximate surface area is 140 Å². The van der Waals surface area contributed by atoms with Crippen LogP contribution in [0.3, 0.4) is 0 Å². The summed E-state index contributed by atoms with van der Waals surface area (Å²) in [6.07, 6.45) is 2.56. The van der Waals surface area contributed by atoms with Gasteiger partial charge in [-0.2, -0.15) is 0 Å². The van der Waals surface area contributed by atoms with E-state index in [1.165, 1.54) is 4.70 Å². The monoisotopic (exact) mass is 330 g/mol. The number of rotatable bonds is 1. The quantitative estimate of drug-likeness (QED) is 0.870. The number of thiazole rings is 1. The molecule has 2 saturated heterocycles. The second-order valence-electron chi connectivity index (χ2n) is 6.63. The van der Waals surface area contributed by atoms with Gasteiger partial charge in [-0.15, -0.1) is 0 Å². The number of likely N-dealkylation sites (N-methyl/N-ethyl adjacent to an activating group) is 1. The normalized spacial score (nSPS) is 26.5. The molecule has 0 saturated carbocycles. The molecule has 1 spiro atoms. The lowest BCUT2D eigenvalue weighted by Gasteiger charge is -2.49. The number of amides is 1. The van der Waals surface area contributed by atoms with Gasteiger partial charge in [0.15, 0.2) is 5.13 Å². The molecule has 3 heterocycles. The molecule has 0 unspecified atom stereocenters. The number of fused-ring (bicyclic) bond motifs is 1. The average molecular weight is 330 g/mol. The number of hydrogen-bond donors (Lipinski definition) is 1. The molecule has 5 nitrogen and oxygen atoms in total. The van der Waals surface area contributed by atoms with Gasteiger partial charge in [-0.05, 0) is 32.0 Å². The number of benzene rings is 1. The number of anilines is 1. The molecule has 1 aromatic heterocycles. The number of nitrogens with one attached hydrogen (secondary N) is 1. The van der Waals surface area contributed by atoms with Gasteiger partial charge in [0.25, 0.3) is 0 Å². The summed E-state index contributed by atoms with van der Waals surface area (Å²) in [5.41, 5.74) is 1.16. The Morgan fingerprint density at radius 1 is 1.26 bits per heavy atom. The molecule has 1 amide bonds. The molecule has 1 atom stereocenters. The summed E-state index contributed by atoms with van der Waals surface area (Å²) in [4.78, 5) is 21.4. The molecule has 23 heavy (non-hydrogen) atoms. The van der Waals surface area contributed by atoms with E-state index in [-0.39, 0.29) is 11.4 Å². The Kier molecular flexibility index (Phi) is 3.73. The molecule has 6 heteroatoms. The maximum absolute atomic E-state index is 11.7. The SMILES string of the molecule is CN1CCN(c2nc3ccccc3s2)C[C@@]12CCNC(=O)CC2. The third kappa shape index (κ3) is 2.70. The number of carbonyl (C=O) groups is 1. The van der Waals surface area contributed by atoms with Crippen molar-refractivity contribution in [2.24, 2.45) is 0 Å². The first kappa shape index (κ1) is 14.9. The minimum atomic E-state index is 0.0786. The predicted molar refractivity (Wildman–Crippen MR) is 94.1 cm³/mol. The lowest BCUT2D eigenvalue weighted by molar-refractivity contribution is -0.120. The fraction of sp³-hybridized carbons (Fsp3) is 0.529. The minimum absolute atomic E-state index is 0.0786. The van der Waals surface area contributed by atoms with Crippen LogP contribution in [-0.2, 0) is 4.79 Å². The molecule has 2 aromatic rings. The van der Waals surface area contributed by atoms with Gasteiger partial charge in [0.2, 0.25) is 5.91 Å². The molecule has 4 rings (SSSR count). The van der Waals surface area contributed by atoms with Crippen molar-refractivity contribution in [1.82, 2.24) is 15.2 Å². The van der Waals surface area contributed by atoms with Gasteiger partial charge in [-0.3, -0.25) is 9.69 Å². The van der Waals surface area contributed by atoms with E-state index < -0.39 is 0 Å². The third-order valence-electron chi connectivity index (χ3n) is 5.28. The molecule has 1 aromatic carbocycles. The molecule has 0 bridgehead atoms. The van der Waals surface area contributed by atoms with Crippen molar-refractivity contribution < 1.29 is 4.79 Å². The lowest BCUT2D eigenvalue weighted by atomic mass is 9.86. The van der Waals surface area contributed by atoms with Gasteiger partial charge >= 0.3 is 0 Å². The van der Waals surface area contributed by atoms with Gasteiger partial charge in [0, 0.05) is 38.1 Å². The molecular formula is C17H22N4OS. The Balaban J connectivity index is 1.62. The Hall–Kier alpha value is -1.66. The van der Waals surface area contributed by atoms with Crippen molar-refractivity contribution >= 4 is 32.6 Å². The van der Waals surface area contributed by atoms with E-state index in [1.54, 1.807) is 11.3 Å². The summed E-state index contributed by atoms with van der Waals surface area (Å²) in [5.74, 6) is 0.187. The van der Waals surface area contributed by atoms with E-state index in [1.807, 2.05) is 6.07 Å². The first-order valence-electron chi connectivity index (χ1n) is 8.25. The van der Waals surface area contributed by atoms with Crippen LogP contribution in [0.25, 0.3) is 10.2 Å². The fourth-order valence-corrected chi connectivity index (χ4v) is 4.75. The van der Waals surface area contributed by atoms with Crippen molar-refractivity contribution in [2.45, 2.75) is 24.8 Å². The Bertz CT molecular complexity index is 697. The minimum Gasteiger partial charge on any atom is -0.356 e. The summed E-state index contributed by atoms with van der Waals surface area (Å²) in [7, 11) is 2.20. The molecule has 122 valence electrons. The number of para-hydroxylation sites is 1. The van der Waals surface area contributed by atoms with Crippen LogP contribution < -0.4 is 10.2 Å². The molecule has 0 aliphatic carbocycles. The second-order valence-corrected chi connectivity index (χ2v) is 7.64. The van der Waals surface area contributed by atoms with Gasteiger partial charge in [-0.25, -0.2) is 4.98 Å². The zero-order valence-corrected chi connectivity index (χ0v) is 14.2. The number of nitrogens with zero attached hydrogens (tertiary/aromatic N) is 3. The molecule has 1 N–H and O–H groups in total. The number of piperazine rings is 1. The summed E-state index contributed by atoms with van der Waals surface area (Å²) in [6, 6.07) is 8.32. The number of aromatic nitrogens is 1. The van der Waals surface area contributed by atoms with Crippen LogP contribution in [0.5, 0.6) is 0 Å². The van der Waals surface area contributed by atoms with Crippen LogP contribution in [0.2, 0.25) is 0 Å². The van der Waals surface area contributed by atoms with Crippen molar-refractivity contribution in [2.75, 3.05) is 38.1 Å². The van der Waals surface area contributed by atoms with Crippen molar-refractivity contribution in [1.29, 1.82) is 0 Å². The van der Waals surface area contributed by atoms with Gasteiger partial charge in [0.1, 0.15) is 0 Å². The number of hydrogen-bond acceptors (Lipinski definition) is 5. The van der Waals surface area contributed by atoms with Gasteiger partial charge in [0.05, 0.1) is 10.2 Å². The highest BCUT2D eigenvalue weighted by Gasteiger charge is 2.41. The van der Waals surface area contributed by atoms with E-state index in [9.17, 15) is 4.79 Å². The highest BCUT2D eigenvalue weighted by molar-refractivity contribution is 7.22. The third-order valence-corrected chi connectivity index (χ3v) is 6.38. The van der Waals surface area contributed by atoms with E-state index in [0.29, 0.717) is 6.42 Å². The summed E-state index contributed by atoms with van der Waals surface area (Å²) < 4.78 is 1.24. The van der Waals surface area contributed by atoms with Crippen LogP contribution in [-0.4, -0.2) is 54.6 Å². The van der Waals surface area contributed by atoms with Crippen molar-refractivity contribution in [3.63, 3.8) is 0 Å². The highest BCUT2D eigenvalue weighted by atomic mass is 32.1. The predicted octanol–water partition coefficient (Wildman–Crippen LogP) is 2.09. The molecule has 0 radical (unpaired) electrons. The first-order chi connectivity index (χ1) is 11.2. The fourth-order valence-electron chi connectivity index (χ4n) is 3.76. The number of carbonyl (C=O) groups excluding carboxylic acids is 1. The van der Waals surface area contributed by atoms with Crippen LogP contribution in [0.15, 0.2) is 24.3 Å². The average Bonchev–Trinajstić information content (AvgIpc) is 2.90. The van der Waals surface area contributed by atoms with Crippen LogP contribution >= 0.6 is 11.3 Å². The zero-order chi connectivity index (χ0) is 15.9. The second kappa shape index (κ2) is 5.76. The molecule has 2 aliphatic rings. The molecular weight excluding hydrogens is 308 g/mol. The Morgan fingerprint density at radius 2 is 2.13 bits per heavy atom. The standard InChI is InChI=1S/C17H22N4OS/c1-20-10-11-21(12-17(20)7-6-15(22)18-9-8-17)16-19-13-4-2-3-5-14(13)23-16/h2-5H,6-12H2,1H3,(H,18,22)/t17-/m1/s1. The smallest absolute Gasteiger partial charge is 0.220 e. The van der Waals surface area contributed by atoms with E-state index in [4.69, 9.17) is 4.98 Å². The largest absolute Gasteiger partial charge is 0.356 e.